The minimum atomic E-state index is -0.796. The number of benzene rings is 1. The highest BCUT2D eigenvalue weighted by atomic mass is 16.5. The molecular weight excluding hydrogens is 316 g/mol. The summed E-state index contributed by atoms with van der Waals surface area (Å²) in [6.07, 6.45) is 6.53. The Balaban J connectivity index is 1.63. The molecule has 1 aromatic heterocycles. The van der Waals surface area contributed by atoms with Crippen LogP contribution in [0.25, 0.3) is 11.0 Å². The molecule has 1 aliphatic rings. The van der Waals surface area contributed by atoms with Crippen LogP contribution in [0.5, 0.6) is 0 Å². The Morgan fingerprint density at radius 3 is 2.76 bits per heavy atom. The molecule has 5 heteroatoms. The molecule has 0 atom stereocenters. The van der Waals surface area contributed by atoms with E-state index in [1.54, 1.807) is 0 Å². The summed E-state index contributed by atoms with van der Waals surface area (Å²) in [5.41, 5.74) is 4.56. The molecule has 0 aliphatic carbocycles. The van der Waals surface area contributed by atoms with E-state index in [9.17, 15) is 4.79 Å². The van der Waals surface area contributed by atoms with Gasteiger partial charge < -0.3 is 14.5 Å². The molecule has 0 spiro atoms. The highest BCUT2D eigenvalue weighted by Gasteiger charge is 2.23. The smallest absolute Gasteiger partial charge is 0.407 e. The Morgan fingerprint density at radius 2 is 2.08 bits per heavy atom. The normalized spacial score (nSPS) is 15.8. The van der Waals surface area contributed by atoms with Gasteiger partial charge in [0.05, 0.1) is 5.69 Å². The molecular formula is C20H28N2O3. The number of aromatic nitrogens is 1. The molecule has 1 fully saturated rings. The van der Waals surface area contributed by atoms with Gasteiger partial charge >= 0.3 is 6.09 Å². The van der Waals surface area contributed by atoms with Crippen LogP contribution in [-0.4, -0.2) is 34.3 Å². The maximum absolute atomic E-state index is 11.0. The third-order valence-corrected chi connectivity index (χ3v) is 5.55. The van der Waals surface area contributed by atoms with Crippen molar-refractivity contribution in [1.29, 1.82) is 0 Å². The second kappa shape index (κ2) is 7.89. The van der Waals surface area contributed by atoms with Gasteiger partial charge in [-0.25, -0.2) is 4.79 Å². The van der Waals surface area contributed by atoms with Crippen molar-refractivity contribution in [2.45, 2.75) is 58.8 Å². The first-order valence-electron chi connectivity index (χ1n) is 9.44. The molecule has 2 aromatic rings. The predicted octanol–water partition coefficient (Wildman–Crippen LogP) is 4.80. The van der Waals surface area contributed by atoms with Crippen LogP contribution in [-0.2, 0) is 12.8 Å². The summed E-state index contributed by atoms with van der Waals surface area (Å²) in [4.78, 5) is 12.5. The van der Waals surface area contributed by atoms with E-state index in [4.69, 9.17) is 9.63 Å². The van der Waals surface area contributed by atoms with Crippen LogP contribution in [0.2, 0.25) is 0 Å². The minimum absolute atomic E-state index is 0.576. The van der Waals surface area contributed by atoms with Crippen LogP contribution in [0.3, 0.4) is 0 Å². The van der Waals surface area contributed by atoms with Crippen molar-refractivity contribution < 1.29 is 14.4 Å². The van der Waals surface area contributed by atoms with Gasteiger partial charge in [-0.15, -0.1) is 0 Å². The molecule has 1 saturated heterocycles. The standard InChI is InChI=1S/C20H28N2O3/c1-3-4-5-16-7-8-17-18(21-25-19(17)14(16)2)9-6-15-10-12-22(13-11-15)20(23)24/h7-8,15H,3-6,9-13H2,1-2H3,(H,23,24). The Bertz CT molecular complexity index is 730. The fraction of sp³-hybridized carbons (Fsp3) is 0.600. The quantitative estimate of drug-likeness (QED) is 0.817. The summed E-state index contributed by atoms with van der Waals surface area (Å²) in [5.74, 6) is 0.576. The number of hydrogen-bond donors (Lipinski definition) is 1. The van der Waals surface area contributed by atoms with E-state index in [1.807, 2.05) is 0 Å². The maximum atomic E-state index is 11.0. The second-order valence-corrected chi connectivity index (χ2v) is 7.21. The molecule has 0 bridgehead atoms. The Kier molecular flexibility index (Phi) is 5.61. The van der Waals surface area contributed by atoms with Crippen molar-refractivity contribution in [2.24, 2.45) is 5.92 Å². The Morgan fingerprint density at radius 1 is 1.32 bits per heavy atom. The second-order valence-electron chi connectivity index (χ2n) is 7.21. The van der Waals surface area contributed by atoms with E-state index in [0.29, 0.717) is 19.0 Å². The van der Waals surface area contributed by atoms with Crippen molar-refractivity contribution in [2.75, 3.05) is 13.1 Å². The van der Waals surface area contributed by atoms with Crippen molar-refractivity contribution in [1.82, 2.24) is 10.1 Å². The van der Waals surface area contributed by atoms with Gasteiger partial charge in [-0.3, -0.25) is 0 Å². The van der Waals surface area contributed by atoms with Gasteiger partial charge in [-0.05, 0) is 68.6 Å². The average molecular weight is 344 g/mol. The SMILES string of the molecule is CCCCc1ccc2c(CCC3CCN(C(=O)O)CC3)noc2c1C. The highest BCUT2D eigenvalue weighted by Crippen LogP contribution is 2.28. The first-order chi connectivity index (χ1) is 12.1. The fourth-order valence-corrected chi connectivity index (χ4v) is 3.80. The molecule has 0 radical (unpaired) electrons. The lowest BCUT2D eigenvalue weighted by Crippen LogP contribution is -2.37. The van der Waals surface area contributed by atoms with Crippen molar-refractivity contribution in [3.05, 3.63) is 29.0 Å². The zero-order valence-electron chi connectivity index (χ0n) is 15.3. The number of carboxylic acid groups (broad SMARTS) is 1. The molecule has 1 aliphatic heterocycles. The number of unbranched alkanes of at least 4 members (excludes halogenated alkanes) is 1. The van der Waals surface area contributed by atoms with Gasteiger partial charge in [0.15, 0.2) is 5.58 Å². The molecule has 1 aromatic carbocycles. The van der Waals surface area contributed by atoms with Crippen LogP contribution in [0.15, 0.2) is 16.7 Å². The van der Waals surface area contributed by atoms with Gasteiger partial charge in [0, 0.05) is 18.5 Å². The largest absolute Gasteiger partial charge is 0.465 e. The summed E-state index contributed by atoms with van der Waals surface area (Å²) < 4.78 is 5.65. The topological polar surface area (TPSA) is 66.6 Å². The molecule has 0 unspecified atom stereocenters. The number of amides is 1. The predicted molar refractivity (Wildman–Crippen MR) is 98.0 cm³/mol. The molecule has 1 N–H and O–H groups in total. The molecule has 3 rings (SSSR count). The summed E-state index contributed by atoms with van der Waals surface area (Å²) in [5, 5.41) is 14.5. The van der Waals surface area contributed by atoms with Crippen molar-refractivity contribution >= 4 is 17.1 Å². The van der Waals surface area contributed by atoms with Crippen LogP contribution in [0, 0.1) is 12.8 Å². The summed E-state index contributed by atoms with van der Waals surface area (Å²) in [6, 6.07) is 4.38. The lowest BCUT2D eigenvalue weighted by Gasteiger charge is -2.29. The van der Waals surface area contributed by atoms with Crippen LogP contribution in [0.4, 0.5) is 4.79 Å². The third-order valence-electron chi connectivity index (χ3n) is 5.55. The van der Waals surface area contributed by atoms with Crippen LogP contribution in [0.1, 0.15) is 55.8 Å². The van der Waals surface area contributed by atoms with Gasteiger partial charge in [0.1, 0.15) is 0 Å². The van der Waals surface area contributed by atoms with Gasteiger partial charge in [-0.2, -0.15) is 0 Å². The summed E-state index contributed by atoms with van der Waals surface area (Å²) >= 11 is 0. The average Bonchev–Trinajstić information content (AvgIpc) is 3.03. The Labute approximate surface area is 149 Å². The van der Waals surface area contributed by atoms with E-state index < -0.39 is 6.09 Å². The van der Waals surface area contributed by atoms with Gasteiger partial charge in [0.25, 0.3) is 0 Å². The molecule has 136 valence electrons. The van der Waals surface area contributed by atoms with E-state index in [2.05, 4.69) is 31.1 Å². The zero-order chi connectivity index (χ0) is 17.8. The van der Waals surface area contributed by atoms with E-state index in [-0.39, 0.29) is 0 Å². The first kappa shape index (κ1) is 17.8. The number of carbonyl (C=O) groups is 1. The third kappa shape index (κ3) is 3.97. The molecule has 0 saturated carbocycles. The number of likely N-dealkylation sites (tertiary alicyclic amines) is 1. The molecule has 25 heavy (non-hydrogen) atoms. The lowest BCUT2D eigenvalue weighted by atomic mass is 9.91. The monoisotopic (exact) mass is 344 g/mol. The first-order valence-corrected chi connectivity index (χ1v) is 9.44. The van der Waals surface area contributed by atoms with Crippen LogP contribution >= 0.6 is 0 Å². The highest BCUT2D eigenvalue weighted by molar-refractivity contribution is 5.83. The number of fused-ring (bicyclic) bond motifs is 1. The molecule has 1 amide bonds. The number of piperidine rings is 1. The van der Waals surface area contributed by atoms with Gasteiger partial charge in [0.2, 0.25) is 0 Å². The summed E-state index contributed by atoms with van der Waals surface area (Å²) in [7, 11) is 0. The number of rotatable bonds is 6. The minimum Gasteiger partial charge on any atom is -0.465 e. The fourth-order valence-electron chi connectivity index (χ4n) is 3.80. The lowest BCUT2D eigenvalue weighted by molar-refractivity contribution is 0.123. The molecule has 5 nitrogen and oxygen atoms in total. The van der Waals surface area contributed by atoms with Crippen molar-refractivity contribution in [3.8, 4) is 0 Å². The van der Waals surface area contributed by atoms with E-state index in [1.165, 1.54) is 28.9 Å². The summed E-state index contributed by atoms with van der Waals surface area (Å²) in [6.45, 7) is 5.64. The van der Waals surface area contributed by atoms with E-state index >= 15 is 0 Å². The van der Waals surface area contributed by atoms with Gasteiger partial charge in [-0.1, -0.05) is 24.6 Å². The number of hydrogen-bond acceptors (Lipinski definition) is 3. The maximum Gasteiger partial charge on any atom is 0.407 e. The Hall–Kier alpha value is -2.04. The van der Waals surface area contributed by atoms with Crippen molar-refractivity contribution in [3.63, 3.8) is 0 Å². The zero-order valence-corrected chi connectivity index (χ0v) is 15.3. The number of nitrogens with zero attached hydrogens (tertiary/aromatic N) is 2. The molecule has 2 heterocycles. The van der Waals surface area contributed by atoms with Crippen LogP contribution < -0.4 is 0 Å². The number of aryl methyl sites for hydroxylation is 3. The van der Waals surface area contributed by atoms with E-state index in [0.717, 1.165) is 48.8 Å².